The second-order valence-corrected chi connectivity index (χ2v) is 6.32. The molecule has 1 heterocycles. The maximum atomic E-state index is 12.4. The molecule has 0 spiro atoms. The highest BCUT2D eigenvalue weighted by Crippen LogP contribution is 2.22. The third-order valence-corrected chi connectivity index (χ3v) is 4.72. The number of rotatable bonds is 6. The number of hydrogen-bond acceptors (Lipinski definition) is 4. The van der Waals surface area contributed by atoms with Crippen molar-refractivity contribution < 1.29 is 19.5 Å². The number of hydrogen-bond donors (Lipinski definition) is 2. The minimum absolute atomic E-state index is 0.0925. The second-order valence-electron chi connectivity index (χ2n) is 5.32. The number of thioether (sulfide) groups is 1. The van der Waals surface area contributed by atoms with E-state index in [2.05, 4.69) is 5.32 Å². The summed E-state index contributed by atoms with van der Waals surface area (Å²) in [6, 6.07) is 7.54. The van der Waals surface area contributed by atoms with Crippen LogP contribution in [-0.2, 0) is 20.8 Å². The minimum Gasteiger partial charge on any atom is -0.480 e. The van der Waals surface area contributed by atoms with E-state index in [4.69, 9.17) is 0 Å². The number of benzene rings is 1. The van der Waals surface area contributed by atoms with Crippen LogP contribution in [0.5, 0.6) is 0 Å². The Bertz CT molecular complexity index is 579. The monoisotopic (exact) mass is 336 g/mol. The normalized spacial score (nSPS) is 18.5. The van der Waals surface area contributed by atoms with E-state index < -0.39 is 24.0 Å². The number of nitrogens with one attached hydrogen (secondary N) is 1. The first kappa shape index (κ1) is 17.3. The molecule has 0 aromatic heterocycles. The van der Waals surface area contributed by atoms with Gasteiger partial charge in [0.2, 0.25) is 11.8 Å². The topological polar surface area (TPSA) is 86.7 Å². The number of carboxylic acids is 1. The summed E-state index contributed by atoms with van der Waals surface area (Å²) in [7, 11) is 0. The van der Waals surface area contributed by atoms with Gasteiger partial charge < -0.3 is 15.3 Å². The molecule has 2 unspecified atom stereocenters. The summed E-state index contributed by atoms with van der Waals surface area (Å²) in [5, 5.41) is 11.9. The minimum atomic E-state index is -1.08. The van der Waals surface area contributed by atoms with Gasteiger partial charge in [0.05, 0.1) is 5.88 Å². The molecule has 1 fully saturated rings. The molecule has 1 aliphatic heterocycles. The van der Waals surface area contributed by atoms with Gasteiger partial charge in [-0.1, -0.05) is 37.3 Å². The highest BCUT2D eigenvalue weighted by molar-refractivity contribution is 7.99. The van der Waals surface area contributed by atoms with Crippen molar-refractivity contribution in [2.75, 3.05) is 11.6 Å². The Labute approximate surface area is 139 Å². The summed E-state index contributed by atoms with van der Waals surface area (Å²) in [6.45, 7) is 1.75. The summed E-state index contributed by atoms with van der Waals surface area (Å²) in [5.41, 5.74) is 0.836. The molecule has 1 aromatic carbocycles. The predicted molar refractivity (Wildman–Crippen MR) is 88.0 cm³/mol. The summed E-state index contributed by atoms with van der Waals surface area (Å²) < 4.78 is 0. The van der Waals surface area contributed by atoms with Crippen molar-refractivity contribution in [3.05, 3.63) is 35.9 Å². The lowest BCUT2D eigenvalue weighted by atomic mass is 10.1. The molecule has 0 saturated carbocycles. The van der Waals surface area contributed by atoms with Crippen molar-refractivity contribution in [2.45, 2.75) is 31.8 Å². The van der Waals surface area contributed by atoms with E-state index in [1.165, 1.54) is 16.7 Å². The number of nitrogens with zero attached hydrogens (tertiary/aromatic N) is 1. The number of aliphatic carboxylic acids is 1. The van der Waals surface area contributed by atoms with Crippen LogP contribution in [0.25, 0.3) is 0 Å². The molecule has 2 atom stereocenters. The van der Waals surface area contributed by atoms with Crippen molar-refractivity contribution in [3.8, 4) is 0 Å². The summed E-state index contributed by atoms with van der Waals surface area (Å²) in [6.07, 6.45) is 0.542. The fraction of sp³-hybridized carbons (Fsp3) is 0.438. The van der Waals surface area contributed by atoms with Gasteiger partial charge in [0.15, 0.2) is 0 Å². The molecule has 2 rings (SSSR count). The quantitative estimate of drug-likeness (QED) is 0.813. The zero-order chi connectivity index (χ0) is 16.8. The van der Waals surface area contributed by atoms with Crippen molar-refractivity contribution >= 4 is 29.5 Å². The van der Waals surface area contributed by atoms with Crippen LogP contribution in [0.3, 0.4) is 0 Å². The van der Waals surface area contributed by atoms with E-state index in [1.54, 1.807) is 6.92 Å². The van der Waals surface area contributed by atoms with Gasteiger partial charge in [-0.05, 0) is 5.56 Å². The zero-order valence-corrected chi connectivity index (χ0v) is 13.7. The lowest BCUT2D eigenvalue weighted by molar-refractivity contribution is -0.143. The molecule has 6 nitrogen and oxygen atoms in total. The Morgan fingerprint density at radius 2 is 2.04 bits per heavy atom. The lowest BCUT2D eigenvalue weighted by Crippen LogP contribution is -2.52. The Hall–Kier alpha value is -2.02. The van der Waals surface area contributed by atoms with E-state index in [9.17, 15) is 19.5 Å². The van der Waals surface area contributed by atoms with Gasteiger partial charge in [0, 0.05) is 18.6 Å². The molecule has 1 saturated heterocycles. The van der Waals surface area contributed by atoms with Crippen LogP contribution in [-0.4, -0.2) is 51.5 Å². The van der Waals surface area contributed by atoms with E-state index >= 15 is 0 Å². The molecule has 0 bridgehead atoms. The SMILES string of the molecule is CCC(=O)N1CSCC1C(=O)NC(Cc1ccccc1)C(=O)O. The van der Waals surface area contributed by atoms with Crippen molar-refractivity contribution in [1.29, 1.82) is 0 Å². The van der Waals surface area contributed by atoms with E-state index in [0.29, 0.717) is 18.1 Å². The fourth-order valence-electron chi connectivity index (χ4n) is 2.43. The van der Waals surface area contributed by atoms with E-state index in [0.717, 1.165) is 5.56 Å². The van der Waals surface area contributed by atoms with E-state index in [-0.39, 0.29) is 12.3 Å². The van der Waals surface area contributed by atoms with Crippen molar-refractivity contribution in [3.63, 3.8) is 0 Å². The van der Waals surface area contributed by atoms with Crippen LogP contribution in [0.15, 0.2) is 30.3 Å². The molecule has 0 aliphatic carbocycles. The number of amides is 2. The Morgan fingerprint density at radius 1 is 1.35 bits per heavy atom. The first-order valence-corrected chi connectivity index (χ1v) is 8.62. The Morgan fingerprint density at radius 3 is 2.65 bits per heavy atom. The van der Waals surface area contributed by atoms with Gasteiger partial charge in [-0.25, -0.2) is 4.79 Å². The molecular weight excluding hydrogens is 316 g/mol. The smallest absolute Gasteiger partial charge is 0.326 e. The number of carboxylic acid groups (broad SMARTS) is 1. The van der Waals surface area contributed by atoms with Gasteiger partial charge in [-0.2, -0.15) is 0 Å². The lowest BCUT2D eigenvalue weighted by Gasteiger charge is -2.24. The standard InChI is InChI=1S/C16H20N2O4S/c1-2-14(19)18-10-23-9-13(18)15(20)17-12(16(21)22)8-11-6-4-3-5-7-11/h3-7,12-13H,2,8-10H2,1H3,(H,17,20)(H,21,22). The average Bonchev–Trinajstić information content (AvgIpc) is 3.04. The molecule has 1 aromatic rings. The van der Waals surface area contributed by atoms with Gasteiger partial charge >= 0.3 is 5.97 Å². The van der Waals surface area contributed by atoms with Crippen LogP contribution in [0.4, 0.5) is 0 Å². The molecule has 7 heteroatoms. The van der Waals surface area contributed by atoms with Gasteiger partial charge in [-0.15, -0.1) is 11.8 Å². The summed E-state index contributed by atoms with van der Waals surface area (Å²) in [5.74, 6) is -0.609. The maximum absolute atomic E-state index is 12.4. The second kappa shape index (κ2) is 8.01. The van der Waals surface area contributed by atoms with E-state index in [1.807, 2.05) is 30.3 Å². The van der Waals surface area contributed by atoms with Crippen LogP contribution in [0.2, 0.25) is 0 Å². The van der Waals surface area contributed by atoms with Crippen molar-refractivity contribution in [2.24, 2.45) is 0 Å². The van der Waals surface area contributed by atoms with Gasteiger partial charge in [0.1, 0.15) is 12.1 Å². The highest BCUT2D eigenvalue weighted by Gasteiger charge is 2.35. The Kier molecular flexibility index (Phi) is 6.04. The summed E-state index contributed by atoms with van der Waals surface area (Å²) in [4.78, 5) is 37.2. The molecule has 23 heavy (non-hydrogen) atoms. The van der Waals surface area contributed by atoms with Crippen molar-refractivity contribution in [1.82, 2.24) is 10.2 Å². The third kappa shape index (κ3) is 4.48. The van der Waals surface area contributed by atoms with Crippen LogP contribution >= 0.6 is 11.8 Å². The molecule has 1 aliphatic rings. The number of carbonyl (C=O) groups is 3. The third-order valence-electron chi connectivity index (χ3n) is 3.70. The van der Waals surface area contributed by atoms with Crippen LogP contribution < -0.4 is 5.32 Å². The van der Waals surface area contributed by atoms with Gasteiger partial charge in [-0.3, -0.25) is 9.59 Å². The number of carbonyl (C=O) groups excluding carboxylic acids is 2. The summed E-state index contributed by atoms with van der Waals surface area (Å²) >= 11 is 1.50. The fourth-order valence-corrected chi connectivity index (χ4v) is 3.61. The van der Waals surface area contributed by atoms with Crippen LogP contribution in [0, 0.1) is 0 Å². The molecular formula is C16H20N2O4S. The highest BCUT2D eigenvalue weighted by atomic mass is 32.2. The first-order valence-electron chi connectivity index (χ1n) is 7.47. The van der Waals surface area contributed by atoms with Crippen LogP contribution in [0.1, 0.15) is 18.9 Å². The first-order chi connectivity index (χ1) is 11.0. The molecule has 2 N–H and O–H groups in total. The average molecular weight is 336 g/mol. The molecule has 2 amide bonds. The maximum Gasteiger partial charge on any atom is 0.326 e. The van der Waals surface area contributed by atoms with Gasteiger partial charge in [0.25, 0.3) is 0 Å². The molecule has 0 radical (unpaired) electrons. The molecule has 124 valence electrons. The largest absolute Gasteiger partial charge is 0.480 e. The predicted octanol–water partition coefficient (Wildman–Crippen LogP) is 1.11. The zero-order valence-electron chi connectivity index (χ0n) is 12.9. The Balaban J connectivity index is 2.03.